The van der Waals surface area contributed by atoms with Crippen LogP contribution in [0.3, 0.4) is 0 Å². The molecule has 0 aliphatic carbocycles. The summed E-state index contributed by atoms with van der Waals surface area (Å²) < 4.78 is 37.8. The van der Waals surface area contributed by atoms with Crippen LogP contribution < -0.4 is 14.8 Å². The van der Waals surface area contributed by atoms with Gasteiger partial charge in [-0.1, -0.05) is 26.0 Å². The lowest BCUT2D eigenvalue weighted by Gasteiger charge is -2.13. The molecule has 2 N–H and O–H groups in total. The lowest BCUT2D eigenvalue weighted by molar-refractivity contribution is 0.0277. The Morgan fingerprint density at radius 1 is 0.872 bits per heavy atom. The van der Waals surface area contributed by atoms with E-state index in [2.05, 4.69) is 10.3 Å². The number of carbonyl (C=O) groups excluding carboxylic acids is 3. The summed E-state index contributed by atoms with van der Waals surface area (Å²) in [7, 11) is -2.63. The SMILES string of the molecule is CCC(CC)OC(=O)c1ccc(C(=O)NS(=O)(=O)c2ccc(C(=O)NCCc3ccc(OC)cc3)cc2)cn1. The fourth-order valence-electron chi connectivity index (χ4n) is 3.56. The minimum absolute atomic E-state index is 0.0131. The summed E-state index contributed by atoms with van der Waals surface area (Å²) in [6.07, 6.45) is 2.81. The molecule has 11 heteroatoms. The van der Waals surface area contributed by atoms with E-state index in [-0.39, 0.29) is 33.7 Å². The maximum absolute atomic E-state index is 12.7. The van der Waals surface area contributed by atoms with Crippen molar-refractivity contribution in [1.29, 1.82) is 0 Å². The van der Waals surface area contributed by atoms with Crippen molar-refractivity contribution in [3.8, 4) is 5.75 Å². The average molecular weight is 554 g/mol. The lowest BCUT2D eigenvalue weighted by Crippen LogP contribution is -2.31. The molecular formula is C28H31N3O7S. The van der Waals surface area contributed by atoms with Crippen molar-refractivity contribution in [2.24, 2.45) is 0 Å². The Labute approximate surface area is 227 Å². The molecule has 0 spiro atoms. The molecule has 3 rings (SSSR count). The van der Waals surface area contributed by atoms with Crippen LogP contribution in [0, 0.1) is 0 Å². The standard InChI is InChI=1S/C28H31N3O7S/c1-4-22(5-2)38-28(34)25-15-10-21(18-30-25)27(33)31-39(35,36)24-13-8-20(9-14-24)26(32)29-17-16-19-6-11-23(37-3)12-7-19/h6-15,18,22H,4-5,16-17H2,1-3H3,(H,29,32)(H,31,33). The number of sulfonamides is 1. The monoisotopic (exact) mass is 553 g/mol. The van der Waals surface area contributed by atoms with Gasteiger partial charge in [0, 0.05) is 18.3 Å². The van der Waals surface area contributed by atoms with Crippen LogP contribution in [0.5, 0.6) is 5.75 Å². The van der Waals surface area contributed by atoms with E-state index in [4.69, 9.17) is 9.47 Å². The number of hydrogen-bond donors (Lipinski definition) is 2. The molecule has 2 amide bonds. The fraction of sp³-hybridized carbons (Fsp3) is 0.286. The van der Waals surface area contributed by atoms with Crippen LogP contribution >= 0.6 is 0 Å². The minimum atomic E-state index is -4.22. The van der Waals surface area contributed by atoms with Crippen molar-refractivity contribution in [3.63, 3.8) is 0 Å². The third kappa shape index (κ3) is 8.11. The molecule has 0 fully saturated rings. The number of benzene rings is 2. The van der Waals surface area contributed by atoms with Crippen molar-refractivity contribution in [3.05, 3.63) is 89.2 Å². The minimum Gasteiger partial charge on any atom is -0.497 e. The smallest absolute Gasteiger partial charge is 0.357 e. The molecule has 0 saturated heterocycles. The topological polar surface area (TPSA) is 141 Å². The number of nitrogens with zero attached hydrogens (tertiary/aromatic N) is 1. The molecule has 0 saturated carbocycles. The second kappa shape index (κ2) is 13.5. The summed E-state index contributed by atoms with van der Waals surface area (Å²) in [6.45, 7) is 4.19. The molecule has 0 unspecified atom stereocenters. The zero-order valence-electron chi connectivity index (χ0n) is 22.0. The lowest BCUT2D eigenvalue weighted by atomic mass is 10.1. The van der Waals surface area contributed by atoms with E-state index in [1.165, 1.54) is 36.4 Å². The Morgan fingerprint density at radius 3 is 2.08 bits per heavy atom. The van der Waals surface area contributed by atoms with Crippen molar-refractivity contribution >= 4 is 27.8 Å². The molecule has 39 heavy (non-hydrogen) atoms. The Kier molecular flexibility index (Phi) is 10.2. The highest BCUT2D eigenvalue weighted by Gasteiger charge is 2.21. The van der Waals surface area contributed by atoms with Crippen molar-refractivity contribution in [2.75, 3.05) is 13.7 Å². The number of amides is 2. The predicted octanol–water partition coefficient (Wildman–Crippen LogP) is 3.53. The Hall–Kier alpha value is -4.25. The van der Waals surface area contributed by atoms with Crippen LogP contribution in [0.2, 0.25) is 0 Å². The first-order chi connectivity index (χ1) is 18.7. The van der Waals surface area contributed by atoms with Gasteiger partial charge in [-0.3, -0.25) is 9.59 Å². The number of methoxy groups -OCH3 is 1. The molecule has 1 aromatic heterocycles. The number of carbonyl (C=O) groups is 3. The Balaban J connectivity index is 1.55. The van der Waals surface area contributed by atoms with Gasteiger partial charge in [0.25, 0.3) is 21.8 Å². The summed E-state index contributed by atoms with van der Waals surface area (Å²) >= 11 is 0. The quantitative estimate of drug-likeness (QED) is 0.325. The molecule has 10 nitrogen and oxygen atoms in total. The van der Waals surface area contributed by atoms with Crippen LogP contribution in [-0.2, 0) is 21.2 Å². The van der Waals surface area contributed by atoms with Gasteiger partial charge in [0.05, 0.1) is 17.6 Å². The van der Waals surface area contributed by atoms with Crippen LogP contribution in [0.1, 0.15) is 63.5 Å². The molecule has 0 aliphatic heterocycles. The van der Waals surface area contributed by atoms with E-state index in [9.17, 15) is 22.8 Å². The van der Waals surface area contributed by atoms with Crippen LogP contribution in [0.25, 0.3) is 0 Å². The molecule has 2 aromatic carbocycles. The summed E-state index contributed by atoms with van der Waals surface area (Å²) in [5.74, 6) is -1.14. The van der Waals surface area contributed by atoms with Gasteiger partial charge >= 0.3 is 5.97 Å². The predicted molar refractivity (Wildman–Crippen MR) is 144 cm³/mol. The number of aromatic nitrogens is 1. The van der Waals surface area contributed by atoms with E-state index in [0.29, 0.717) is 25.8 Å². The highest BCUT2D eigenvalue weighted by Crippen LogP contribution is 2.14. The fourth-order valence-corrected chi connectivity index (χ4v) is 4.53. The van der Waals surface area contributed by atoms with Crippen LogP contribution in [0.4, 0.5) is 0 Å². The number of hydrogen-bond acceptors (Lipinski definition) is 8. The first-order valence-corrected chi connectivity index (χ1v) is 13.9. The molecule has 0 aliphatic rings. The van der Waals surface area contributed by atoms with Gasteiger partial charge in [0.2, 0.25) is 0 Å². The largest absolute Gasteiger partial charge is 0.497 e. The zero-order chi connectivity index (χ0) is 28.4. The van der Waals surface area contributed by atoms with Gasteiger partial charge in [-0.25, -0.2) is 22.9 Å². The third-order valence-electron chi connectivity index (χ3n) is 5.93. The van der Waals surface area contributed by atoms with Crippen LogP contribution in [0.15, 0.2) is 71.8 Å². The maximum Gasteiger partial charge on any atom is 0.357 e. The number of nitrogens with one attached hydrogen (secondary N) is 2. The average Bonchev–Trinajstić information content (AvgIpc) is 2.96. The molecular weight excluding hydrogens is 522 g/mol. The summed E-state index contributed by atoms with van der Waals surface area (Å²) in [6, 6.07) is 15.3. The van der Waals surface area contributed by atoms with Gasteiger partial charge < -0.3 is 14.8 Å². The second-order valence-corrected chi connectivity index (χ2v) is 10.3. The van der Waals surface area contributed by atoms with Gasteiger partial charge in [0.1, 0.15) is 17.5 Å². The maximum atomic E-state index is 12.7. The number of esters is 1. The molecule has 3 aromatic rings. The van der Waals surface area contributed by atoms with Crippen molar-refractivity contribution in [1.82, 2.24) is 15.0 Å². The van der Waals surface area contributed by atoms with Gasteiger partial charge in [-0.15, -0.1) is 0 Å². The molecule has 0 radical (unpaired) electrons. The Morgan fingerprint density at radius 2 is 1.51 bits per heavy atom. The number of pyridine rings is 1. The van der Waals surface area contributed by atoms with E-state index in [1.54, 1.807) is 7.11 Å². The van der Waals surface area contributed by atoms with Crippen molar-refractivity contribution in [2.45, 2.75) is 44.1 Å². The first kappa shape index (κ1) is 29.3. The van der Waals surface area contributed by atoms with E-state index >= 15 is 0 Å². The molecule has 206 valence electrons. The first-order valence-electron chi connectivity index (χ1n) is 12.4. The Bertz CT molecular complexity index is 1380. The normalized spacial score (nSPS) is 11.1. The molecule has 0 bridgehead atoms. The molecule has 1 heterocycles. The second-order valence-electron chi connectivity index (χ2n) is 8.59. The highest BCUT2D eigenvalue weighted by molar-refractivity contribution is 7.90. The summed E-state index contributed by atoms with van der Waals surface area (Å²) in [5, 5.41) is 2.79. The van der Waals surface area contributed by atoms with E-state index < -0.39 is 21.9 Å². The van der Waals surface area contributed by atoms with Gasteiger partial charge in [0.15, 0.2) is 0 Å². The summed E-state index contributed by atoms with van der Waals surface area (Å²) in [4.78, 5) is 40.9. The number of ether oxygens (including phenoxy) is 2. The molecule has 0 atom stereocenters. The van der Waals surface area contributed by atoms with Crippen molar-refractivity contribution < 1.29 is 32.3 Å². The van der Waals surface area contributed by atoms with E-state index in [1.807, 2.05) is 42.8 Å². The third-order valence-corrected chi connectivity index (χ3v) is 7.28. The van der Waals surface area contributed by atoms with Crippen LogP contribution in [-0.4, -0.2) is 50.9 Å². The van der Waals surface area contributed by atoms with E-state index in [0.717, 1.165) is 17.5 Å². The zero-order valence-corrected chi connectivity index (χ0v) is 22.8. The summed E-state index contributed by atoms with van der Waals surface area (Å²) in [5.41, 5.74) is 1.26. The highest BCUT2D eigenvalue weighted by atomic mass is 32.2. The van der Waals surface area contributed by atoms with Gasteiger partial charge in [-0.05, 0) is 73.4 Å². The van der Waals surface area contributed by atoms with Gasteiger partial charge in [-0.2, -0.15) is 0 Å². The number of rotatable bonds is 12.